The van der Waals surface area contributed by atoms with E-state index in [0.717, 1.165) is 31.6 Å². The summed E-state index contributed by atoms with van der Waals surface area (Å²) in [6.45, 7) is 2.88. The summed E-state index contributed by atoms with van der Waals surface area (Å²) in [5.41, 5.74) is 1.12. The molecule has 0 aromatic heterocycles. The molecule has 0 bridgehead atoms. The van der Waals surface area contributed by atoms with Gasteiger partial charge in [-0.3, -0.25) is 0 Å². The zero-order valence-corrected chi connectivity index (χ0v) is 10.8. The first-order chi connectivity index (χ1) is 8.05. The molecule has 1 atom stereocenters. The summed E-state index contributed by atoms with van der Waals surface area (Å²) in [5, 5.41) is 6.74. The van der Waals surface area contributed by atoms with E-state index in [4.69, 9.17) is 0 Å². The maximum absolute atomic E-state index is 11.3. The van der Waals surface area contributed by atoms with Crippen LogP contribution >= 0.6 is 0 Å². The Kier molecular flexibility index (Phi) is 3.81. The molecule has 1 fully saturated rings. The Hall–Kier alpha value is -0.910. The first-order valence-electron chi connectivity index (χ1n) is 5.79. The molecular weight excluding hydrogens is 236 g/mol. The standard InChI is InChI=1S/C12H18N2O2S/c1-17(15,16)12-4-2-10(3-5-12)8-14-11-6-7-13-9-11/h2-5,11,13-14H,6-9H2,1H3. The average Bonchev–Trinajstić information content (AvgIpc) is 2.78. The van der Waals surface area contributed by atoms with Gasteiger partial charge in [-0.05, 0) is 30.7 Å². The van der Waals surface area contributed by atoms with E-state index >= 15 is 0 Å². The number of hydrogen-bond acceptors (Lipinski definition) is 4. The predicted molar refractivity (Wildman–Crippen MR) is 67.7 cm³/mol. The fraction of sp³-hybridized carbons (Fsp3) is 0.500. The van der Waals surface area contributed by atoms with Crippen LogP contribution in [0, 0.1) is 0 Å². The van der Waals surface area contributed by atoms with E-state index in [1.165, 1.54) is 6.26 Å². The first kappa shape index (κ1) is 12.5. The third-order valence-electron chi connectivity index (χ3n) is 3.01. The van der Waals surface area contributed by atoms with E-state index in [1.54, 1.807) is 12.1 Å². The molecule has 1 aliphatic heterocycles. The van der Waals surface area contributed by atoms with Crippen LogP contribution in [0.5, 0.6) is 0 Å². The topological polar surface area (TPSA) is 58.2 Å². The van der Waals surface area contributed by atoms with Crippen LogP contribution in [0.25, 0.3) is 0 Å². The Morgan fingerprint density at radius 1 is 1.35 bits per heavy atom. The molecule has 1 unspecified atom stereocenters. The summed E-state index contributed by atoms with van der Waals surface area (Å²) in [4.78, 5) is 0.379. The van der Waals surface area contributed by atoms with Gasteiger partial charge in [0.15, 0.2) is 9.84 Å². The molecule has 2 N–H and O–H groups in total. The van der Waals surface area contributed by atoms with Gasteiger partial charge >= 0.3 is 0 Å². The van der Waals surface area contributed by atoms with Crippen molar-refractivity contribution in [2.24, 2.45) is 0 Å². The van der Waals surface area contributed by atoms with Gasteiger partial charge < -0.3 is 10.6 Å². The molecule has 0 saturated carbocycles. The van der Waals surface area contributed by atoms with Crippen molar-refractivity contribution in [1.29, 1.82) is 0 Å². The smallest absolute Gasteiger partial charge is 0.175 e. The van der Waals surface area contributed by atoms with Gasteiger partial charge in [0.1, 0.15) is 0 Å². The molecule has 1 heterocycles. The van der Waals surface area contributed by atoms with E-state index in [9.17, 15) is 8.42 Å². The van der Waals surface area contributed by atoms with E-state index in [0.29, 0.717) is 10.9 Å². The number of hydrogen-bond donors (Lipinski definition) is 2. The van der Waals surface area contributed by atoms with Crippen LogP contribution in [0.3, 0.4) is 0 Å². The van der Waals surface area contributed by atoms with Crippen LogP contribution in [0.1, 0.15) is 12.0 Å². The SMILES string of the molecule is CS(=O)(=O)c1ccc(CNC2CCNC2)cc1. The van der Waals surface area contributed by atoms with Gasteiger partial charge in [-0.2, -0.15) is 0 Å². The van der Waals surface area contributed by atoms with Crippen molar-refractivity contribution >= 4 is 9.84 Å². The molecular formula is C12H18N2O2S. The Balaban J connectivity index is 1.94. The van der Waals surface area contributed by atoms with Crippen molar-refractivity contribution in [3.05, 3.63) is 29.8 Å². The molecule has 0 amide bonds. The van der Waals surface area contributed by atoms with Gasteiger partial charge in [0, 0.05) is 25.4 Å². The summed E-state index contributed by atoms with van der Waals surface area (Å²) < 4.78 is 22.6. The minimum Gasteiger partial charge on any atom is -0.315 e. The Morgan fingerprint density at radius 2 is 2.06 bits per heavy atom. The maximum atomic E-state index is 11.3. The Morgan fingerprint density at radius 3 is 2.59 bits per heavy atom. The summed E-state index contributed by atoms with van der Waals surface area (Å²) in [6.07, 6.45) is 2.38. The van der Waals surface area contributed by atoms with Crippen LogP contribution in [-0.2, 0) is 16.4 Å². The highest BCUT2D eigenvalue weighted by atomic mass is 32.2. The van der Waals surface area contributed by atoms with Crippen molar-refractivity contribution in [3.8, 4) is 0 Å². The van der Waals surface area contributed by atoms with E-state index in [1.807, 2.05) is 12.1 Å². The number of rotatable bonds is 4. The number of nitrogens with one attached hydrogen (secondary N) is 2. The molecule has 4 nitrogen and oxygen atoms in total. The van der Waals surface area contributed by atoms with Gasteiger partial charge in [0.05, 0.1) is 4.90 Å². The van der Waals surface area contributed by atoms with E-state index < -0.39 is 9.84 Å². The normalized spacial score (nSPS) is 20.6. The second-order valence-electron chi connectivity index (χ2n) is 4.49. The quantitative estimate of drug-likeness (QED) is 0.823. The van der Waals surface area contributed by atoms with Crippen molar-refractivity contribution in [2.75, 3.05) is 19.3 Å². The highest BCUT2D eigenvalue weighted by Crippen LogP contribution is 2.10. The van der Waals surface area contributed by atoms with Gasteiger partial charge in [-0.25, -0.2) is 8.42 Å². The predicted octanol–water partition coefficient (Wildman–Crippen LogP) is 0.542. The highest BCUT2D eigenvalue weighted by Gasteiger charge is 2.13. The van der Waals surface area contributed by atoms with Gasteiger partial charge in [-0.1, -0.05) is 12.1 Å². The molecule has 1 aromatic carbocycles. The Bertz CT molecular complexity index is 462. The lowest BCUT2D eigenvalue weighted by molar-refractivity contribution is 0.547. The third-order valence-corrected chi connectivity index (χ3v) is 4.14. The van der Waals surface area contributed by atoms with Crippen LogP contribution < -0.4 is 10.6 Å². The minimum absolute atomic E-state index is 0.379. The van der Waals surface area contributed by atoms with Crippen LogP contribution in [-0.4, -0.2) is 33.8 Å². The molecule has 5 heteroatoms. The number of sulfone groups is 1. The molecule has 0 radical (unpaired) electrons. The van der Waals surface area contributed by atoms with Crippen LogP contribution in [0.4, 0.5) is 0 Å². The van der Waals surface area contributed by atoms with E-state index in [2.05, 4.69) is 10.6 Å². The molecule has 0 spiro atoms. The monoisotopic (exact) mass is 254 g/mol. The van der Waals surface area contributed by atoms with Gasteiger partial charge in [0.2, 0.25) is 0 Å². The lowest BCUT2D eigenvalue weighted by Gasteiger charge is -2.11. The number of benzene rings is 1. The van der Waals surface area contributed by atoms with Crippen LogP contribution in [0.15, 0.2) is 29.2 Å². The van der Waals surface area contributed by atoms with Gasteiger partial charge in [0.25, 0.3) is 0 Å². The minimum atomic E-state index is -3.08. The van der Waals surface area contributed by atoms with E-state index in [-0.39, 0.29) is 0 Å². The average molecular weight is 254 g/mol. The fourth-order valence-electron chi connectivity index (χ4n) is 1.95. The van der Waals surface area contributed by atoms with Crippen molar-refractivity contribution in [2.45, 2.75) is 23.9 Å². The molecule has 2 rings (SSSR count). The second-order valence-corrected chi connectivity index (χ2v) is 6.50. The summed E-state index contributed by atoms with van der Waals surface area (Å²) >= 11 is 0. The van der Waals surface area contributed by atoms with Crippen molar-refractivity contribution in [1.82, 2.24) is 10.6 Å². The largest absolute Gasteiger partial charge is 0.315 e. The zero-order chi connectivity index (χ0) is 12.3. The van der Waals surface area contributed by atoms with Crippen molar-refractivity contribution < 1.29 is 8.42 Å². The fourth-order valence-corrected chi connectivity index (χ4v) is 2.58. The third kappa shape index (κ3) is 3.52. The lowest BCUT2D eigenvalue weighted by Crippen LogP contribution is -2.30. The molecule has 1 saturated heterocycles. The second kappa shape index (κ2) is 5.16. The molecule has 1 aromatic rings. The van der Waals surface area contributed by atoms with Crippen molar-refractivity contribution in [3.63, 3.8) is 0 Å². The zero-order valence-electron chi connectivity index (χ0n) is 9.94. The summed E-state index contributed by atoms with van der Waals surface area (Å²) in [6, 6.07) is 7.60. The molecule has 1 aliphatic rings. The summed E-state index contributed by atoms with van der Waals surface area (Å²) in [7, 11) is -3.08. The highest BCUT2D eigenvalue weighted by molar-refractivity contribution is 7.90. The maximum Gasteiger partial charge on any atom is 0.175 e. The molecule has 94 valence electrons. The molecule has 17 heavy (non-hydrogen) atoms. The first-order valence-corrected chi connectivity index (χ1v) is 7.68. The lowest BCUT2D eigenvalue weighted by atomic mass is 10.2. The molecule has 0 aliphatic carbocycles. The summed E-state index contributed by atoms with van der Waals surface area (Å²) in [5.74, 6) is 0. The Labute approximate surface area is 102 Å². The van der Waals surface area contributed by atoms with Gasteiger partial charge in [-0.15, -0.1) is 0 Å². The van der Waals surface area contributed by atoms with Crippen LogP contribution in [0.2, 0.25) is 0 Å².